The number of nitrogens with one attached hydrogen (secondary N) is 1. The predicted octanol–water partition coefficient (Wildman–Crippen LogP) is 4.90. The second-order valence-corrected chi connectivity index (χ2v) is 5.68. The highest BCUT2D eigenvalue weighted by Gasteiger charge is 2.33. The van der Waals surface area contributed by atoms with E-state index in [0.717, 1.165) is 0 Å². The van der Waals surface area contributed by atoms with Crippen LogP contribution in [0.1, 0.15) is 36.8 Å². The molecule has 0 atom stereocenters. The van der Waals surface area contributed by atoms with E-state index in [1.165, 1.54) is 6.20 Å². The van der Waals surface area contributed by atoms with Gasteiger partial charge in [0.15, 0.2) is 0 Å². The molecule has 0 aliphatic heterocycles. The summed E-state index contributed by atoms with van der Waals surface area (Å²) in [7, 11) is 0. The molecule has 0 aromatic carbocycles. The zero-order chi connectivity index (χ0) is 16.9. The molecule has 1 N–H and O–H groups in total. The summed E-state index contributed by atoms with van der Waals surface area (Å²) in [5.41, 5.74) is 1.75. The fraction of sp³-hybridized carbons (Fsp3) is 0.333. The van der Waals surface area contributed by atoms with E-state index in [9.17, 15) is 8.78 Å². The van der Waals surface area contributed by atoms with Crippen molar-refractivity contribution in [2.45, 2.75) is 31.6 Å². The first-order valence-electron chi connectivity index (χ1n) is 7.48. The molecule has 3 nitrogen and oxygen atoms in total. The summed E-state index contributed by atoms with van der Waals surface area (Å²) in [5, 5.41) is 12.1. The molecule has 1 saturated carbocycles. The first kappa shape index (κ1) is 16.9. The number of halogens is 2. The average molecular weight is 315 g/mol. The molecule has 1 aromatic heterocycles. The normalized spacial score (nSPS) is 17.6. The minimum absolute atomic E-state index is 0.0740. The van der Waals surface area contributed by atoms with E-state index in [2.05, 4.69) is 29.5 Å². The lowest BCUT2D eigenvalue weighted by Crippen LogP contribution is -2.23. The van der Waals surface area contributed by atoms with Gasteiger partial charge in [-0.25, -0.2) is 13.8 Å². The van der Waals surface area contributed by atoms with Crippen LogP contribution >= 0.6 is 0 Å². The number of hydrogen-bond acceptors (Lipinski definition) is 3. The fourth-order valence-corrected chi connectivity index (χ4v) is 2.48. The molecule has 0 radical (unpaired) electrons. The summed E-state index contributed by atoms with van der Waals surface area (Å²) in [6.07, 6.45) is 7.56. The maximum Gasteiger partial charge on any atom is 0.248 e. The topological polar surface area (TPSA) is 48.7 Å². The molecule has 0 saturated heterocycles. The summed E-state index contributed by atoms with van der Waals surface area (Å²) in [5.74, 6) is -1.85. The molecule has 1 heterocycles. The molecular formula is C18H19F2N3. The van der Waals surface area contributed by atoms with Gasteiger partial charge in [0.25, 0.3) is 0 Å². The van der Waals surface area contributed by atoms with Crippen molar-refractivity contribution in [3.63, 3.8) is 0 Å². The third kappa shape index (κ3) is 4.75. The van der Waals surface area contributed by atoms with Crippen LogP contribution in [0, 0.1) is 17.2 Å². The highest BCUT2D eigenvalue weighted by molar-refractivity contribution is 5.62. The van der Waals surface area contributed by atoms with Crippen molar-refractivity contribution in [3.05, 3.63) is 54.4 Å². The van der Waals surface area contributed by atoms with E-state index in [0.29, 0.717) is 35.5 Å². The van der Waals surface area contributed by atoms with Gasteiger partial charge < -0.3 is 5.32 Å². The summed E-state index contributed by atoms with van der Waals surface area (Å²) in [4.78, 5) is 4.14. The summed E-state index contributed by atoms with van der Waals surface area (Å²) in [6, 6.07) is 3.82. The minimum atomic E-state index is -2.53. The molecule has 1 aliphatic rings. The van der Waals surface area contributed by atoms with Crippen molar-refractivity contribution in [3.8, 4) is 6.07 Å². The van der Waals surface area contributed by atoms with E-state index in [1.54, 1.807) is 12.1 Å². The number of rotatable bonds is 5. The van der Waals surface area contributed by atoms with Crippen LogP contribution in [0.3, 0.4) is 0 Å². The molecule has 0 unspecified atom stereocenters. The number of pyridine rings is 1. The standard InChI is InChI=1S/C18H19F2N3/c1-3-13(2)23-17-10-15(16(11-21)12-22-17)5-4-14-6-8-18(19,20)9-7-14/h3-5,10,12,14H,1-2,6-9H2,(H,22,23)/b5-4+. The number of nitriles is 1. The zero-order valence-corrected chi connectivity index (χ0v) is 12.9. The Hall–Kier alpha value is -2.48. The highest BCUT2D eigenvalue weighted by atomic mass is 19.3. The lowest BCUT2D eigenvalue weighted by molar-refractivity contribution is -0.0410. The Morgan fingerprint density at radius 2 is 2.13 bits per heavy atom. The first-order valence-corrected chi connectivity index (χ1v) is 7.48. The molecule has 5 heteroatoms. The number of nitrogens with zero attached hydrogens (tertiary/aromatic N) is 2. The van der Waals surface area contributed by atoms with Crippen molar-refractivity contribution >= 4 is 11.9 Å². The van der Waals surface area contributed by atoms with Crippen LogP contribution in [0.5, 0.6) is 0 Å². The number of allylic oxidation sites excluding steroid dienone is 2. The van der Waals surface area contributed by atoms with Crippen molar-refractivity contribution < 1.29 is 8.78 Å². The Labute approximate surface area is 135 Å². The third-order valence-corrected chi connectivity index (χ3v) is 3.90. The summed E-state index contributed by atoms with van der Waals surface area (Å²) >= 11 is 0. The van der Waals surface area contributed by atoms with Crippen LogP contribution in [0.2, 0.25) is 0 Å². The van der Waals surface area contributed by atoms with E-state index < -0.39 is 5.92 Å². The lowest BCUT2D eigenvalue weighted by atomic mass is 9.86. The fourth-order valence-electron chi connectivity index (χ4n) is 2.48. The number of aromatic nitrogens is 1. The van der Waals surface area contributed by atoms with E-state index in [1.807, 2.05) is 12.2 Å². The Balaban J connectivity index is 2.13. The molecular weight excluding hydrogens is 296 g/mol. The van der Waals surface area contributed by atoms with Crippen molar-refractivity contribution in [1.29, 1.82) is 5.26 Å². The lowest BCUT2D eigenvalue weighted by Gasteiger charge is -2.26. The zero-order valence-electron chi connectivity index (χ0n) is 12.9. The Morgan fingerprint density at radius 1 is 1.43 bits per heavy atom. The van der Waals surface area contributed by atoms with Crippen LogP contribution in [-0.2, 0) is 0 Å². The van der Waals surface area contributed by atoms with Gasteiger partial charge in [-0.3, -0.25) is 0 Å². The average Bonchev–Trinajstić information content (AvgIpc) is 2.54. The minimum Gasteiger partial charge on any atom is -0.341 e. The van der Waals surface area contributed by atoms with Gasteiger partial charge >= 0.3 is 0 Å². The first-order chi connectivity index (χ1) is 10.9. The van der Waals surface area contributed by atoms with Crippen molar-refractivity contribution in [2.24, 2.45) is 5.92 Å². The molecule has 0 amide bonds. The van der Waals surface area contributed by atoms with Crippen LogP contribution in [0.15, 0.2) is 43.3 Å². The van der Waals surface area contributed by atoms with Crippen LogP contribution in [-0.4, -0.2) is 10.9 Å². The molecule has 23 heavy (non-hydrogen) atoms. The van der Waals surface area contributed by atoms with Crippen LogP contribution in [0.25, 0.3) is 6.08 Å². The Kier molecular flexibility index (Phi) is 5.28. The molecule has 1 aliphatic carbocycles. The van der Waals surface area contributed by atoms with Gasteiger partial charge in [-0.05, 0) is 36.5 Å². The van der Waals surface area contributed by atoms with Gasteiger partial charge in [-0.1, -0.05) is 25.3 Å². The number of alkyl halides is 2. The van der Waals surface area contributed by atoms with E-state index >= 15 is 0 Å². The largest absolute Gasteiger partial charge is 0.341 e. The van der Waals surface area contributed by atoms with Crippen LogP contribution < -0.4 is 5.32 Å². The third-order valence-electron chi connectivity index (χ3n) is 3.90. The molecule has 2 rings (SSSR count). The second kappa shape index (κ2) is 7.19. The molecule has 0 spiro atoms. The SMILES string of the molecule is C=CC(=C)Nc1cc(/C=C/C2CCC(F)(F)CC2)c(C#N)cn1. The highest BCUT2D eigenvalue weighted by Crippen LogP contribution is 2.36. The summed E-state index contributed by atoms with van der Waals surface area (Å²) in [6.45, 7) is 7.36. The number of anilines is 1. The maximum absolute atomic E-state index is 13.2. The smallest absolute Gasteiger partial charge is 0.248 e. The van der Waals surface area contributed by atoms with Gasteiger partial charge in [0, 0.05) is 24.7 Å². The van der Waals surface area contributed by atoms with E-state index in [4.69, 9.17) is 5.26 Å². The monoisotopic (exact) mass is 315 g/mol. The Morgan fingerprint density at radius 3 is 2.74 bits per heavy atom. The van der Waals surface area contributed by atoms with Gasteiger partial charge in [-0.2, -0.15) is 5.26 Å². The molecule has 1 aromatic rings. The predicted molar refractivity (Wildman–Crippen MR) is 87.9 cm³/mol. The van der Waals surface area contributed by atoms with Crippen molar-refractivity contribution in [2.75, 3.05) is 5.32 Å². The molecule has 120 valence electrons. The van der Waals surface area contributed by atoms with Gasteiger partial charge in [0.2, 0.25) is 5.92 Å². The number of hydrogen-bond donors (Lipinski definition) is 1. The van der Waals surface area contributed by atoms with Gasteiger partial charge in [0.05, 0.1) is 5.56 Å². The summed E-state index contributed by atoms with van der Waals surface area (Å²) < 4.78 is 26.3. The van der Waals surface area contributed by atoms with Gasteiger partial charge in [-0.15, -0.1) is 0 Å². The van der Waals surface area contributed by atoms with E-state index in [-0.39, 0.29) is 18.8 Å². The van der Waals surface area contributed by atoms with Crippen LogP contribution in [0.4, 0.5) is 14.6 Å². The molecule has 1 fully saturated rings. The molecule has 0 bridgehead atoms. The van der Waals surface area contributed by atoms with Crippen molar-refractivity contribution in [1.82, 2.24) is 4.98 Å². The maximum atomic E-state index is 13.2. The second-order valence-electron chi connectivity index (χ2n) is 5.68. The Bertz CT molecular complexity index is 661. The van der Waals surface area contributed by atoms with Gasteiger partial charge in [0.1, 0.15) is 11.9 Å². The quantitative estimate of drug-likeness (QED) is 0.786.